The third-order valence-electron chi connectivity index (χ3n) is 8.29. The fourth-order valence-electron chi connectivity index (χ4n) is 6.68. The van der Waals surface area contributed by atoms with E-state index in [1.54, 1.807) is 6.07 Å². The fourth-order valence-corrected chi connectivity index (χ4v) is 6.68. The number of carbonyl (C=O) groups is 1. The monoisotopic (exact) mass is 428 g/mol. The van der Waals surface area contributed by atoms with Gasteiger partial charge in [-0.2, -0.15) is 0 Å². The van der Waals surface area contributed by atoms with Crippen LogP contribution in [0.4, 0.5) is 4.39 Å². The van der Waals surface area contributed by atoms with Crippen LogP contribution in [0.1, 0.15) is 71.1 Å². The van der Waals surface area contributed by atoms with E-state index in [1.165, 1.54) is 64.2 Å². The second-order valence-corrected chi connectivity index (χ2v) is 9.95. The molecule has 4 unspecified atom stereocenters. The van der Waals surface area contributed by atoms with E-state index in [0.717, 1.165) is 37.0 Å². The Balaban J connectivity index is 1.35. The molecular weight excluding hydrogens is 391 g/mol. The average molecular weight is 429 g/mol. The van der Waals surface area contributed by atoms with Crippen LogP contribution in [0, 0.1) is 41.3 Å². The van der Waals surface area contributed by atoms with Crippen LogP contribution in [-0.2, 0) is 4.79 Å². The summed E-state index contributed by atoms with van der Waals surface area (Å²) in [7, 11) is 1.49. The van der Waals surface area contributed by atoms with E-state index < -0.39 is 5.82 Å². The molecule has 0 N–H and O–H groups in total. The lowest BCUT2D eigenvalue weighted by molar-refractivity contribution is -0.144. The quantitative estimate of drug-likeness (QED) is 0.289. The molecule has 1 aromatic carbocycles. The second kappa shape index (κ2) is 10.2. The molecule has 4 heteroatoms. The molecule has 3 aliphatic rings. The first-order chi connectivity index (χ1) is 15.1. The largest absolute Gasteiger partial charge is 0.497 e. The maximum Gasteiger partial charge on any atom is 0.314 e. The zero-order valence-electron chi connectivity index (χ0n) is 19.0. The third-order valence-corrected chi connectivity index (χ3v) is 8.29. The summed E-state index contributed by atoms with van der Waals surface area (Å²) >= 11 is 0. The molecule has 31 heavy (non-hydrogen) atoms. The summed E-state index contributed by atoms with van der Waals surface area (Å²) in [6.45, 7) is 2.13. The highest BCUT2D eigenvalue weighted by Crippen LogP contribution is 2.50. The van der Waals surface area contributed by atoms with Gasteiger partial charge in [-0.15, -0.1) is 0 Å². The van der Waals surface area contributed by atoms with Gasteiger partial charge in [-0.1, -0.05) is 25.0 Å². The van der Waals surface area contributed by atoms with Crippen LogP contribution in [-0.4, -0.2) is 13.1 Å². The molecule has 0 heterocycles. The lowest BCUT2D eigenvalue weighted by atomic mass is 9.59. The minimum Gasteiger partial charge on any atom is -0.497 e. The first-order valence-corrected chi connectivity index (χ1v) is 12.3. The molecule has 3 saturated carbocycles. The van der Waals surface area contributed by atoms with Gasteiger partial charge in [0.2, 0.25) is 0 Å². The number of rotatable bonds is 5. The van der Waals surface area contributed by atoms with Crippen molar-refractivity contribution in [1.29, 1.82) is 0 Å². The summed E-state index contributed by atoms with van der Waals surface area (Å²) in [6.07, 6.45) is 16.8. The first kappa shape index (κ1) is 22.4. The van der Waals surface area contributed by atoms with Gasteiger partial charge in [0.25, 0.3) is 0 Å². The molecule has 170 valence electrons. The Morgan fingerprint density at radius 3 is 2.48 bits per heavy atom. The predicted molar refractivity (Wildman–Crippen MR) is 121 cm³/mol. The molecule has 0 amide bonds. The summed E-state index contributed by atoms with van der Waals surface area (Å²) in [5.41, 5.74) is 0. The van der Waals surface area contributed by atoms with Gasteiger partial charge in [0, 0.05) is 6.07 Å². The first-order valence-electron chi connectivity index (χ1n) is 12.3. The lowest BCUT2D eigenvalue weighted by Crippen LogP contribution is -2.40. The standard InChI is InChI=1S/C27H37FO3/c1-3-5-18-8-10-19(11-9-18)20-12-14-23-21(16-20)6-4-7-24(23)27(29)31-26-15-13-22(30-2)17-25(26)28/h3,5,13,15,17-21,23-24H,4,6-12,14,16H2,1-2H3/b5-3+. The Morgan fingerprint density at radius 1 is 1.00 bits per heavy atom. The van der Waals surface area contributed by atoms with E-state index in [-0.39, 0.29) is 17.6 Å². The Kier molecular flexibility index (Phi) is 7.35. The number of esters is 1. The number of hydrogen-bond donors (Lipinski definition) is 0. The number of ether oxygens (including phenoxy) is 2. The number of carbonyl (C=O) groups excluding carboxylic acids is 1. The maximum absolute atomic E-state index is 14.3. The van der Waals surface area contributed by atoms with Gasteiger partial charge >= 0.3 is 5.97 Å². The van der Waals surface area contributed by atoms with Crippen molar-refractivity contribution in [1.82, 2.24) is 0 Å². The predicted octanol–water partition coefficient (Wildman–Crippen LogP) is 6.95. The van der Waals surface area contributed by atoms with Gasteiger partial charge in [0.15, 0.2) is 11.6 Å². The maximum atomic E-state index is 14.3. The van der Waals surface area contributed by atoms with Crippen molar-refractivity contribution in [3.63, 3.8) is 0 Å². The zero-order chi connectivity index (χ0) is 21.8. The highest BCUT2D eigenvalue weighted by molar-refractivity contribution is 5.75. The Bertz CT molecular complexity index is 781. The van der Waals surface area contributed by atoms with E-state index in [4.69, 9.17) is 9.47 Å². The molecule has 0 bridgehead atoms. The van der Waals surface area contributed by atoms with Crippen molar-refractivity contribution >= 4 is 5.97 Å². The van der Waals surface area contributed by atoms with Crippen LogP contribution in [0.2, 0.25) is 0 Å². The van der Waals surface area contributed by atoms with Gasteiger partial charge in [-0.25, -0.2) is 4.39 Å². The van der Waals surface area contributed by atoms with Crippen molar-refractivity contribution in [3.05, 3.63) is 36.2 Å². The molecule has 1 aromatic rings. The summed E-state index contributed by atoms with van der Waals surface area (Å²) < 4.78 is 24.8. The van der Waals surface area contributed by atoms with E-state index in [0.29, 0.717) is 17.6 Å². The van der Waals surface area contributed by atoms with Crippen molar-refractivity contribution in [2.24, 2.45) is 35.5 Å². The second-order valence-electron chi connectivity index (χ2n) is 9.95. The number of fused-ring (bicyclic) bond motifs is 1. The molecule has 3 aliphatic carbocycles. The van der Waals surface area contributed by atoms with Gasteiger partial charge in [0.1, 0.15) is 5.75 Å². The molecule has 0 aromatic heterocycles. The summed E-state index contributed by atoms with van der Waals surface area (Å²) in [5.74, 6) is 3.05. The smallest absolute Gasteiger partial charge is 0.314 e. The molecule has 4 rings (SSSR count). The van der Waals surface area contributed by atoms with Crippen LogP contribution in [0.5, 0.6) is 11.5 Å². The molecule has 4 atom stereocenters. The van der Waals surface area contributed by atoms with Crippen LogP contribution in [0.3, 0.4) is 0 Å². The zero-order valence-corrected chi connectivity index (χ0v) is 19.0. The van der Waals surface area contributed by atoms with Gasteiger partial charge in [0.05, 0.1) is 13.0 Å². The lowest BCUT2D eigenvalue weighted by Gasteiger charge is -2.45. The molecule has 0 aliphatic heterocycles. The van der Waals surface area contributed by atoms with Crippen LogP contribution in [0.15, 0.2) is 30.4 Å². The Morgan fingerprint density at radius 2 is 1.77 bits per heavy atom. The van der Waals surface area contributed by atoms with Gasteiger partial charge < -0.3 is 9.47 Å². The SMILES string of the molecule is C/C=C/C1CCC(C2CCC3C(CCCC3C(=O)Oc3ccc(OC)cc3F)C2)CC1. The molecule has 0 spiro atoms. The molecule has 3 fully saturated rings. The number of benzene rings is 1. The van der Waals surface area contributed by atoms with Gasteiger partial charge in [-0.05, 0) is 100 Å². The molecule has 3 nitrogen and oxygen atoms in total. The summed E-state index contributed by atoms with van der Waals surface area (Å²) in [4.78, 5) is 13.0. The minimum atomic E-state index is -0.544. The Labute approximate surface area is 186 Å². The number of hydrogen-bond acceptors (Lipinski definition) is 3. The number of halogens is 1. The minimum absolute atomic E-state index is 0.0134. The average Bonchev–Trinajstić information content (AvgIpc) is 2.80. The highest BCUT2D eigenvalue weighted by Gasteiger charge is 2.43. The van der Waals surface area contributed by atoms with Gasteiger partial charge in [-0.3, -0.25) is 4.79 Å². The molecule has 0 radical (unpaired) electrons. The normalized spacial score (nSPS) is 33.6. The fraction of sp³-hybridized carbons (Fsp3) is 0.667. The molecule has 0 saturated heterocycles. The summed E-state index contributed by atoms with van der Waals surface area (Å²) in [5, 5.41) is 0. The van der Waals surface area contributed by atoms with Crippen LogP contribution < -0.4 is 9.47 Å². The highest BCUT2D eigenvalue weighted by atomic mass is 19.1. The Hall–Kier alpha value is -1.84. The van der Waals surface area contributed by atoms with Crippen LogP contribution >= 0.6 is 0 Å². The number of allylic oxidation sites excluding steroid dienone is 2. The van der Waals surface area contributed by atoms with Crippen molar-refractivity contribution in [2.75, 3.05) is 7.11 Å². The van der Waals surface area contributed by atoms with E-state index >= 15 is 0 Å². The van der Waals surface area contributed by atoms with Crippen molar-refractivity contribution < 1.29 is 18.7 Å². The van der Waals surface area contributed by atoms with Crippen molar-refractivity contribution in [2.45, 2.75) is 71.1 Å². The molecular formula is C27H37FO3. The van der Waals surface area contributed by atoms with E-state index in [2.05, 4.69) is 19.1 Å². The van der Waals surface area contributed by atoms with Crippen molar-refractivity contribution in [3.8, 4) is 11.5 Å². The van der Waals surface area contributed by atoms with E-state index in [9.17, 15) is 9.18 Å². The number of methoxy groups -OCH3 is 1. The topological polar surface area (TPSA) is 35.5 Å². The van der Waals surface area contributed by atoms with E-state index in [1.807, 2.05) is 0 Å². The summed E-state index contributed by atoms with van der Waals surface area (Å²) in [6, 6.07) is 4.39. The third kappa shape index (κ3) is 5.15. The van der Waals surface area contributed by atoms with Crippen LogP contribution in [0.25, 0.3) is 0 Å².